The number of hydrogen-bond acceptors (Lipinski definition) is 9. The van der Waals surface area contributed by atoms with Crippen molar-refractivity contribution in [1.29, 1.82) is 0 Å². The smallest absolute Gasteiger partial charge is 0.347 e. The zero-order valence-electron chi connectivity index (χ0n) is 18.3. The number of hydrogen-bond donors (Lipinski definition) is 0. The SMILES string of the molecule is CN(CC1CCOCC1)c1nc(-c2nc3ccc(CN4CCOCC4)cc3c(=O)o2)cs1. The standard InChI is InChI=1S/C23H28N4O4S/c1-26(13-16-4-8-29-9-5-16)23-25-20(15-32-23)21-24-19-3-2-17(12-18(19)22(28)31-21)14-27-6-10-30-11-7-27/h2-3,12,15-16H,4-11,13-14H2,1H3. The number of nitrogens with zero attached hydrogens (tertiary/aromatic N) is 4. The molecule has 1 aromatic carbocycles. The number of rotatable bonds is 6. The number of fused-ring (bicyclic) bond motifs is 1. The fraction of sp³-hybridized carbons (Fsp3) is 0.522. The molecule has 5 rings (SSSR count). The van der Waals surface area contributed by atoms with Gasteiger partial charge in [-0.05, 0) is 36.5 Å². The molecule has 0 amide bonds. The highest BCUT2D eigenvalue weighted by Crippen LogP contribution is 2.28. The highest BCUT2D eigenvalue weighted by Gasteiger charge is 2.19. The Morgan fingerprint density at radius 3 is 2.72 bits per heavy atom. The molecule has 9 heteroatoms. The minimum Gasteiger partial charge on any atom is -0.401 e. The van der Waals surface area contributed by atoms with E-state index in [1.54, 1.807) is 0 Å². The fourth-order valence-electron chi connectivity index (χ4n) is 4.28. The molecule has 2 saturated heterocycles. The van der Waals surface area contributed by atoms with Crippen LogP contribution in [0.5, 0.6) is 0 Å². The van der Waals surface area contributed by atoms with Crippen molar-refractivity contribution in [3.8, 4) is 11.6 Å². The number of benzene rings is 1. The van der Waals surface area contributed by atoms with E-state index in [0.717, 1.165) is 76.1 Å². The van der Waals surface area contributed by atoms with Crippen LogP contribution in [0.2, 0.25) is 0 Å². The average molecular weight is 457 g/mol. The van der Waals surface area contributed by atoms with E-state index >= 15 is 0 Å². The van der Waals surface area contributed by atoms with Gasteiger partial charge in [0, 0.05) is 51.8 Å². The first-order valence-electron chi connectivity index (χ1n) is 11.1. The second kappa shape index (κ2) is 9.66. The summed E-state index contributed by atoms with van der Waals surface area (Å²) < 4.78 is 16.4. The summed E-state index contributed by atoms with van der Waals surface area (Å²) in [5, 5.41) is 3.31. The lowest BCUT2D eigenvalue weighted by Gasteiger charge is -2.26. The number of thiazole rings is 1. The zero-order valence-corrected chi connectivity index (χ0v) is 19.1. The van der Waals surface area contributed by atoms with E-state index < -0.39 is 0 Å². The molecule has 0 radical (unpaired) electrons. The van der Waals surface area contributed by atoms with Crippen LogP contribution in [0.25, 0.3) is 22.5 Å². The molecule has 170 valence electrons. The third-order valence-electron chi connectivity index (χ3n) is 6.11. The Labute approximate surface area is 190 Å². The summed E-state index contributed by atoms with van der Waals surface area (Å²) in [6.07, 6.45) is 2.16. The van der Waals surface area contributed by atoms with Crippen molar-refractivity contribution in [3.63, 3.8) is 0 Å². The number of anilines is 1. The molecule has 0 spiro atoms. The molecule has 32 heavy (non-hydrogen) atoms. The number of aromatic nitrogens is 2. The molecule has 0 N–H and O–H groups in total. The Bertz CT molecular complexity index is 1120. The molecular formula is C23H28N4O4S. The Balaban J connectivity index is 1.33. The summed E-state index contributed by atoms with van der Waals surface area (Å²) >= 11 is 1.54. The van der Waals surface area contributed by atoms with Crippen molar-refractivity contribution < 1.29 is 13.9 Å². The molecule has 8 nitrogen and oxygen atoms in total. The molecule has 2 aliphatic heterocycles. The van der Waals surface area contributed by atoms with Gasteiger partial charge in [0.05, 0.1) is 24.1 Å². The highest BCUT2D eigenvalue weighted by molar-refractivity contribution is 7.14. The van der Waals surface area contributed by atoms with Gasteiger partial charge in [-0.2, -0.15) is 0 Å². The van der Waals surface area contributed by atoms with Gasteiger partial charge in [0.2, 0.25) is 0 Å². The second-order valence-corrected chi connectivity index (χ2v) is 9.33. The van der Waals surface area contributed by atoms with E-state index in [1.807, 2.05) is 23.6 Å². The van der Waals surface area contributed by atoms with E-state index in [0.29, 0.717) is 22.5 Å². The van der Waals surface area contributed by atoms with Crippen LogP contribution in [0.1, 0.15) is 18.4 Å². The average Bonchev–Trinajstić information content (AvgIpc) is 3.31. The molecule has 0 aliphatic carbocycles. The summed E-state index contributed by atoms with van der Waals surface area (Å²) in [6.45, 7) is 6.70. The largest absolute Gasteiger partial charge is 0.401 e. The number of morpholine rings is 1. The van der Waals surface area contributed by atoms with E-state index in [-0.39, 0.29) is 11.5 Å². The van der Waals surface area contributed by atoms with Crippen molar-refractivity contribution in [1.82, 2.24) is 14.9 Å². The lowest BCUT2D eigenvalue weighted by atomic mass is 10.0. The third-order valence-corrected chi connectivity index (χ3v) is 7.07. The molecule has 4 heterocycles. The summed E-state index contributed by atoms with van der Waals surface area (Å²) in [6, 6.07) is 5.82. The Morgan fingerprint density at radius 2 is 1.91 bits per heavy atom. The second-order valence-electron chi connectivity index (χ2n) is 8.50. The van der Waals surface area contributed by atoms with Gasteiger partial charge in [-0.3, -0.25) is 4.90 Å². The van der Waals surface area contributed by atoms with E-state index in [4.69, 9.17) is 13.9 Å². The lowest BCUT2D eigenvalue weighted by molar-refractivity contribution is 0.0342. The van der Waals surface area contributed by atoms with Crippen LogP contribution in [-0.4, -0.2) is 68.0 Å². The minimum absolute atomic E-state index is 0.269. The maximum Gasteiger partial charge on any atom is 0.347 e. The van der Waals surface area contributed by atoms with Crippen molar-refractivity contribution in [2.45, 2.75) is 19.4 Å². The molecule has 2 fully saturated rings. The van der Waals surface area contributed by atoms with Gasteiger partial charge in [0.1, 0.15) is 5.69 Å². The van der Waals surface area contributed by atoms with Gasteiger partial charge in [-0.1, -0.05) is 6.07 Å². The molecule has 0 unspecified atom stereocenters. The monoisotopic (exact) mass is 456 g/mol. The fourth-order valence-corrected chi connectivity index (χ4v) is 5.05. The molecule has 0 bridgehead atoms. The van der Waals surface area contributed by atoms with Crippen LogP contribution in [-0.2, 0) is 16.0 Å². The maximum atomic E-state index is 12.7. The molecule has 0 atom stereocenters. The van der Waals surface area contributed by atoms with Gasteiger partial charge in [-0.25, -0.2) is 14.8 Å². The van der Waals surface area contributed by atoms with Gasteiger partial charge >= 0.3 is 5.63 Å². The first-order valence-corrected chi connectivity index (χ1v) is 12.0. The van der Waals surface area contributed by atoms with Gasteiger partial charge in [0.15, 0.2) is 5.13 Å². The Kier molecular flexibility index (Phi) is 6.49. The van der Waals surface area contributed by atoms with Gasteiger partial charge < -0.3 is 18.8 Å². The predicted octanol–water partition coefficient (Wildman–Crippen LogP) is 3.01. The topological polar surface area (TPSA) is 80.9 Å². The highest BCUT2D eigenvalue weighted by atomic mass is 32.1. The quantitative estimate of drug-likeness (QED) is 0.560. The van der Waals surface area contributed by atoms with E-state index in [1.165, 1.54) is 11.3 Å². The van der Waals surface area contributed by atoms with Crippen molar-refractivity contribution in [2.75, 3.05) is 58.0 Å². The molecule has 3 aromatic rings. The molecule has 0 saturated carbocycles. The van der Waals surface area contributed by atoms with Crippen molar-refractivity contribution in [2.24, 2.45) is 5.92 Å². The zero-order chi connectivity index (χ0) is 21.9. The van der Waals surface area contributed by atoms with E-state index in [9.17, 15) is 4.79 Å². The van der Waals surface area contributed by atoms with E-state index in [2.05, 4.69) is 26.8 Å². The van der Waals surface area contributed by atoms with Gasteiger partial charge in [0.25, 0.3) is 5.89 Å². The number of ether oxygens (including phenoxy) is 2. The summed E-state index contributed by atoms with van der Waals surface area (Å²) in [5.41, 5.74) is 1.93. The first kappa shape index (κ1) is 21.5. The summed E-state index contributed by atoms with van der Waals surface area (Å²) in [4.78, 5) is 26.5. The van der Waals surface area contributed by atoms with Crippen LogP contribution >= 0.6 is 11.3 Å². The van der Waals surface area contributed by atoms with Crippen LogP contribution in [0.3, 0.4) is 0 Å². The third kappa shape index (κ3) is 4.85. The van der Waals surface area contributed by atoms with Crippen LogP contribution in [0.4, 0.5) is 5.13 Å². The molecular weight excluding hydrogens is 428 g/mol. The molecule has 2 aliphatic rings. The van der Waals surface area contributed by atoms with Crippen LogP contribution in [0, 0.1) is 5.92 Å². The Morgan fingerprint density at radius 1 is 1.12 bits per heavy atom. The normalized spacial score (nSPS) is 18.3. The van der Waals surface area contributed by atoms with Crippen molar-refractivity contribution >= 4 is 27.4 Å². The summed E-state index contributed by atoms with van der Waals surface area (Å²) in [5.74, 6) is 0.884. The summed E-state index contributed by atoms with van der Waals surface area (Å²) in [7, 11) is 2.05. The maximum absolute atomic E-state index is 12.7. The van der Waals surface area contributed by atoms with Gasteiger partial charge in [-0.15, -0.1) is 11.3 Å². The first-order chi connectivity index (χ1) is 15.7. The Hall–Kier alpha value is -2.33. The van der Waals surface area contributed by atoms with Crippen LogP contribution < -0.4 is 10.5 Å². The van der Waals surface area contributed by atoms with Crippen LogP contribution in [0.15, 0.2) is 32.8 Å². The lowest BCUT2D eigenvalue weighted by Crippen LogP contribution is -2.35. The molecule has 2 aromatic heterocycles. The predicted molar refractivity (Wildman–Crippen MR) is 124 cm³/mol. The minimum atomic E-state index is -0.376. The van der Waals surface area contributed by atoms with Crippen molar-refractivity contribution in [3.05, 3.63) is 39.6 Å².